The lowest BCUT2D eigenvalue weighted by Crippen LogP contribution is -2.03. The third kappa shape index (κ3) is 2.26. The van der Waals surface area contributed by atoms with E-state index in [-0.39, 0.29) is 16.4 Å². The summed E-state index contributed by atoms with van der Waals surface area (Å²) in [5, 5.41) is 0.0880. The molecule has 0 bridgehead atoms. The van der Waals surface area contributed by atoms with Gasteiger partial charge in [-0.15, -0.1) is 0 Å². The lowest BCUT2D eigenvalue weighted by atomic mass is 10.2. The number of esters is 1. The van der Waals surface area contributed by atoms with Crippen molar-refractivity contribution in [2.24, 2.45) is 0 Å². The Bertz CT molecular complexity index is 351. The molecule has 0 aliphatic rings. The Kier molecular flexibility index (Phi) is 2.97. The van der Waals surface area contributed by atoms with Gasteiger partial charge >= 0.3 is 5.97 Å². The third-order valence-electron chi connectivity index (χ3n) is 1.36. The van der Waals surface area contributed by atoms with Gasteiger partial charge in [-0.1, -0.05) is 11.6 Å². The number of carbonyl (C=O) groups is 2. The summed E-state index contributed by atoms with van der Waals surface area (Å²) in [6.07, 6.45) is 0.512. The molecular formula is C8H6ClNO3. The zero-order valence-corrected chi connectivity index (χ0v) is 7.54. The number of halogens is 1. The number of methoxy groups -OCH3 is 1. The second-order valence-electron chi connectivity index (χ2n) is 2.21. The van der Waals surface area contributed by atoms with E-state index in [4.69, 9.17) is 11.6 Å². The Morgan fingerprint density at radius 1 is 1.62 bits per heavy atom. The number of carbonyl (C=O) groups excluding carboxylic acids is 2. The molecule has 0 aliphatic heterocycles. The van der Waals surface area contributed by atoms with Crippen LogP contribution in [0.25, 0.3) is 0 Å². The number of nitrogens with zero attached hydrogens (tertiary/aromatic N) is 1. The van der Waals surface area contributed by atoms with Crippen molar-refractivity contribution in [3.8, 4) is 0 Å². The fourth-order valence-electron chi connectivity index (χ4n) is 0.813. The fraction of sp³-hybridized carbons (Fsp3) is 0.125. The summed E-state index contributed by atoms with van der Waals surface area (Å²) in [5.74, 6) is -0.549. The highest BCUT2D eigenvalue weighted by Crippen LogP contribution is 2.10. The van der Waals surface area contributed by atoms with Gasteiger partial charge < -0.3 is 4.74 Å². The van der Waals surface area contributed by atoms with Crippen molar-refractivity contribution in [3.63, 3.8) is 0 Å². The second-order valence-corrected chi connectivity index (χ2v) is 2.60. The highest BCUT2D eigenvalue weighted by atomic mass is 35.5. The maximum Gasteiger partial charge on any atom is 0.338 e. The molecule has 0 saturated carbocycles. The molecule has 0 amide bonds. The average molecular weight is 200 g/mol. The molecule has 68 valence electrons. The average Bonchev–Trinajstić information content (AvgIpc) is 2.15. The molecule has 1 aromatic heterocycles. The Hall–Kier alpha value is -1.42. The van der Waals surface area contributed by atoms with Gasteiger partial charge in [0.2, 0.25) is 0 Å². The molecule has 5 heteroatoms. The second kappa shape index (κ2) is 4.00. The van der Waals surface area contributed by atoms with E-state index in [1.807, 2.05) is 0 Å². The van der Waals surface area contributed by atoms with E-state index in [2.05, 4.69) is 9.72 Å². The number of ether oxygens (including phenoxy) is 1. The highest BCUT2D eigenvalue weighted by molar-refractivity contribution is 6.29. The predicted molar refractivity (Wildman–Crippen MR) is 46.0 cm³/mol. The van der Waals surface area contributed by atoms with Crippen LogP contribution in [0.4, 0.5) is 0 Å². The molecule has 0 atom stereocenters. The number of pyridine rings is 1. The topological polar surface area (TPSA) is 56.3 Å². The van der Waals surface area contributed by atoms with Gasteiger partial charge in [0.15, 0.2) is 6.29 Å². The Balaban J connectivity index is 3.15. The quantitative estimate of drug-likeness (QED) is 0.410. The summed E-state index contributed by atoms with van der Waals surface area (Å²) >= 11 is 5.55. The van der Waals surface area contributed by atoms with Gasteiger partial charge in [-0.2, -0.15) is 0 Å². The lowest BCUT2D eigenvalue weighted by Gasteiger charge is -1.99. The third-order valence-corrected chi connectivity index (χ3v) is 1.55. The summed E-state index contributed by atoms with van der Waals surface area (Å²) in [5.41, 5.74) is 0.317. The standard InChI is InChI=1S/C8H6ClNO3/c1-13-8(12)5-2-6(4-11)10-7(9)3-5/h2-4H,1H3. The normalized spacial score (nSPS) is 9.38. The van der Waals surface area contributed by atoms with Crippen LogP contribution in [0.15, 0.2) is 12.1 Å². The summed E-state index contributed by atoms with van der Waals surface area (Å²) in [7, 11) is 1.25. The first-order valence-electron chi connectivity index (χ1n) is 3.38. The van der Waals surface area contributed by atoms with Crippen molar-refractivity contribution < 1.29 is 14.3 Å². The Labute approximate surface area is 79.5 Å². The van der Waals surface area contributed by atoms with Crippen LogP contribution in [-0.2, 0) is 4.74 Å². The van der Waals surface area contributed by atoms with E-state index >= 15 is 0 Å². The van der Waals surface area contributed by atoms with Crippen LogP contribution >= 0.6 is 11.6 Å². The van der Waals surface area contributed by atoms with Crippen LogP contribution in [-0.4, -0.2) is 24.3 Å². The van der Waals surface area contributed by atoms with Gasteiger partial charge in [0.25, 0.3) is 0 Å². The number of hydrogen-bond donors (Lipinski definition) is 0. The molecule has 1 rings (SSSR count). The number of hydrogen-bond acceptors (Lipinski definition) is 4. The molecular weight excluding hydrogens is 194 g/mol. The molecule has 1 heterocycles. The first kappa shape index (κ1) is 9.67. The lowest BCUT2D eigenvalue weighted by molar-refractivity contribution is 0.0600. The predicted octanol–water partition coefficient (Wildman–Crippen LogP) is 1.33. The van der Waals surface area contributed by atoms with E-state index in [9.17, 15) is 9.59 Å². The summed E-state index contributed by atoms with van der Waals surface area (Å²) in [4.78, 5) is 25.0. The summed E-state index contributed by atoms with van der Waals surface area (Å²) in [6, 6.07) is 2.64. The maximum absolute atomic E-state index is 11.0. The monoisotopic (exact) mass is 199 g/mol. The minimum absolute atomic E-state index is 0.0880. The van der Waals surface area contributed by atoms with Crippen LogP contribution < -0.4 is 0 Å². The zero-order chi connectivity index (χ0) is 9.84. The minimum atomic E-state index is -0.549. The number of aldehydes is 1. The highest BCUT2D eigenvalue weighted by Gasteiger charge is 2.08. The Morgan fingerprint density at radius 2 is 2.31 bits per heavy atom. The smallest absolute Gasteiger partial charge is 0.338 e. The molecule has 13 heavy (non-hydrogen) atoms. The molecule has 0 spiro atoms. The van der Waals surface area contributed by atoms with Gasteiger partial charge in [0.1, 0.15) is 10.8 Å². The van der Waals surface area contributed by atoms with E-state index in [0.717, 1.165) is 0 Å². The van der Waals surface area contributed by atoms with Gasteiger partial charge in [-0.3, -0.25) is 4.79 Å². The van der Waals surface area contributed by atoms with Crippen LogP contribution in [0.2, 0.25) is 5.15 Å². The SMILES string of the molecule is COC(=O)c1cc(Cl)nc(C=O)c1. The summed E-state index contributed by atoms with van der Waals surface area (Å²) in [6.45, 7) is 0. The number of rotatable bonds is 2. The molecule has 0 aromatic carbocycles. The molecule has 0 saturated heterocycles. The fourth-order valence-corrected chi connectivity index (χ4v) is 1.03. The van der Waals surface area contributed by atoms with Gasteiger partial charge in [0, 0.05) is 0 Å². The molecule has 0 fully saturated rings. The molecule has 0 aliphatic carbocycles. The summed E-state index contributed by atoms with van der Waals surface area (Å²) < 4.78 is 4.45. The first-order chi connectivity index (χ1) is 6.17. The van der Waals surface area contributed by atoms with Gasteiger partial charge in [-0.25, -0.2) is 9.78 Å². The van der Waals surface area contributed by atoms with Gasteiger partial charge in [-0.05, 0) is 12.1 Å². The van der Waals surface area contributed by atoms with Crippen LogP contribution in [0.1, 0.15) is 20.8 Å². The van der Waals surface area contributed by atoms with Crippen molar-refractivity contribution in [1.29, 1.82) is 0 Å². The van der Waals surface area contributed by atoms with E-state index in [0.29, 0.717) is 6.29 Å². The van der Waals surface area contributed by atoms with Crippen molar-refractivity contribution in [2.75, 3.05) is 7.11 Å². The van der Waals surface area contributed by atoms with Gasteiger partial charge in [0.05, 0.1) is 12.7 Å². The van der Waals surface area contributed by atoms with Crippen molar-refractivity contribution >= 4 is 23.9 Å². The molecule has 0 radical (unpaired) electrons. The molecule has 1 aromatic rings. The Morgan fingerprint density at radius 3 is 2.85 bits per heavy atom. The van der Waals surface area contributed by atoms with E-state index in [1.165, 1.54) is 19.2 Å². The van der Waals surface area contributed by atoms with E-state index < -0.39 is 5.97 Å². The van der Waals surface area contributed by atoms with Crippen molar-refractivity contribution in [1.82, 2.24) is 4.98 Å². The van der Waals surface area contributed by atoms with Crippen LogP contribution in [0.5, 0.6) is 0 Å². The molecule has 0 unspecified atom stereocenters. The van der Waals surface area contributed by atoms with Crippen LogP contribution in [0, 0.1) is 0 Å². The largest absolute Gasteiger partial charge is 0.465 e. The van der Waals surface area contributed by atoms with Crippen molar-refractivity contribution in [2.45, 2.75) is 0 Å². The first-order valence-corrected chi connectivity index (χ1v) is 3.76. The number of aromatic nitrogens is 1. The molecule has 0 N–H and O–H groups in total. The van der Waals surface area contributed by atoms with E-state index in [1.54, 1.807) is 0 Å². The molecule has 4 nitrogen and oxygen atoms in total. The maximum atomic E-state index is 11.0. The zero-order valence-electron chi connectivity index (χ0n) is 6.78. The van der Waals surface area contributed by atoms with Crippen molar-refractivity contribution in [3.05, 3.63) is 28.5 Å². The van der Waals surface area contributed by atoms with Crippen LogP contribution in [0.3, 0.4) is 0 Å². The minimum Gasteiger partial charge on any atom is -0.465 e.